The largest absolute Gasteiger partial charge is 0.242 e. The monoisotopic (exact) mass is 183 g/mol. The van der Waals surface area contributed by atoms with Crippen molar-refractivity contribution < 1.29 is 8.78 Å². The van der Waals surface area contributed by atoms with Gasteiger partial charge in [0.2, 0.25) is 0 Å². The van der Waals surface area contributed by atoms with E-state index in [-0.39, 0.29) is 11.0 Å². The highest BCUT2D eigenvalue weighted by molar-refractivity contribution is 5.75. The zero-order valence-corrected chi connectivity index (χ0v) is 6.96. The van der Waals surface area contributed by atoms with E-state index in [0.29, 0.717) is 6.54 Å². The van der Waals surface area contributed by atoms with Crippen LogP contribution in [0.25, 0.3) is 11.0 Å². The Morgan fingerprint density at radius 2 is 2.00 bits per heavy atom. The maximum atomic E-state index is 13.2. The van der Waals surface area contributed by atoms with Crippen LogP contribution in [0.4, 0.5) is 8.78 Å². The fourth-order valence-electron chi connectivity index (χ4n) is 1.24. The molecule has 1 aromatic heterocycles. The molecule has 13 heavy (non-hydrogen) atoms. The summed E-state index contributed by atoms with van der Waals surface area (Å²) in [6, 6.07) is 2.12. The minimum absolute atomic E-state index is 0.0122. The number of fused-ring (bicyclic) bond motifs is 1. The first kappa shape index (κ1) is 8.10. The van der Waals surface area contributed by atoms with Gasteiger partial charge in [-0.2, -0.15) is 0 Å². The van der Waals surface area contributed by atoms with Crippen molar-refractivity contribution in [3.05, 3.63) is 23.8 Å². The van der Waals surface area contributed by atoms with Gasteiger partial charge in [0.15, 0.2) is 17.2 Å². The molecule has 5 heteroatoms. The van der Waals surface area contributed by atoms with Crippen LogP contribution >= 0.6 is 0 Å². The number of rotatable bonds is 1. The molecule has 0 fully saturated rings. The number of hydrogen-bond donors (Lipinski definition) is 0. The normalized spacial score (nSPS) is 11.0. The SMILES string of the molecule is CCn1nnc2c(F)ccc(F)c21. The lowest BCUT2D eigenvalue weighted by Crippen LogP contribution is -1.97. The third kappa shape index (κ3) is 1.07. The van der Waals surface area contributed by atoms with Gasteiger partial charge >= 0.3 is 0 Å². The number of hydrogen-bond acceptors (Lipinski definition) is 2. The minimum Gasteiger partial charge on any atom is -0.242 e. The van der Waals surface area contributed by atoms with E-state index in [1.807, 2.05) is 0 Å². The molecule has 2 rings (SSSR count). The van der Waals surface area contributed by atoms with Crippen LogP contribution in [0.15, 0.2) is 12.1 Å². The van der Waals surface area contributed by atoms with Gasteiger partial charge in [0.1, 0.15) is 5.52 Å². The Morgan fingerprint density at radius 3 is 2.69 bits per heavy atom. The lowest BCUT2D eigenvalue weighted by atomic mass is 10.3. The number of aromatic nitrogens is 3. The predicted octanol–water partition coefficient (Wildman–Crippen LogP) is 1.73. The molecule has 3 nitrogen and oxygen atoms in total. The smallest absolute Gasteiger partial charge is 0.153 e. The second-order valence-electron chi connectivity index (χ2n) is 2.63. The van der Waals surface area contributed by atoms with Crippen molar-refractivity contribution in [2.75, 3.05) is 0 Å². The topological polar surface area (TPSA) is 30.7 Å². The van der Waals surface area contributed by atoms with Crippen LogP contribution in [0.2, 0.25) is 0 Å². The highest BCUT2D eigenvalue weighted by atomic mass is 19.1. The van der Waals surface area contributed by atoms with Crippen molar-refractivity contribution in [2.45, 2.75) is 13.5 Å². The molecule has 0 atom stereocenters. The number of nitrogens with zero attached hydrogens (tertiary/aromatic N) is 3. The van der Waals surface area contributed by atoms with Crippen molar-refractivity contribution >= 4 is 11.0 Å². The summed E-state index contributed by atoms with van der Waals surface area (Å²) in [5.74, 6) is -1.04. The van der Waals surface area contributed by atoms with Crippen LogP contribution in [-0.2, 0) is 6.54 Å². The molecule has 0 radical (unpaired) electrons. The molecule has 0 saturated carbocycles. The van der Waals surface area contributed by atoms with Crippen LogP contribution in [0.5, 0.6) is 0 Å². The molecule has 1 heterocycles. The van der Waals surface area contributed by atoms with E-state index in [2.05, 4.69) is 10.3 Å². The molecule has 0 amide bonds. The van der Waals surface area contributed by atoms with Crippen LogP contribution in [0, 0.1) is 11.6 Å². The third-order valence-corrected chi connectivity index (χ3v) is 1.86. The minimum atomic E-state index is -0.545. The molecule has 0 spiro atoms. The van der Waals surface area contributed by atoms with Gasteiger partial charge in [-0.05, 0) is 19.1 Å². The third-order valence-electron chi connectivity index (χ3n) is 1.86. The van der Waals surface area contributed by atoms with Crippen LogP contribution in [0.1, 0.15) is 6.92 Å². The molecule has 2 aromatic rings. The molecule has 0 aliphatic heterocycles. The Labute approximate surface area is 73.0 Å². The quantitative estimate of drug-likeness (QED) is 0.674. The summed E-state index contributed by atoms with van der Waals surface area (Å²) in [6.07, 6.45) is 0. The summed E-state index contributed by atoms with van der Waals surface area (Å²) in [5.41, 5.74) is 0.115. The van der Waals surface area contributed by atoms with Crippen LogP contribution < -0.4 is 0 Å². The van der Waals surface area contributed by atoms with Crippen LogP contribution in [-0.4, -0.2) is 15.0 Å². The first-order chi connectivity index (χ1) is 6.24. The van der Waals surface area contributed by atoms with E-state index in [4.69, 9.17) is 0 Å². The van der Waals surface area contributed by atoms with Gasteiger partial charge in [-0.15, -0.1) is 5.10 Å². The fourth-order valence-corrected chi connectivity index (χ4v) is 1.24. The summed E-state index contributed by atoms with van der Waals surface area (Å²) in [4.78, 5) is 0. The van der Waals surface area contributed by atoms with Crippen molar-refractivity contribution in [3.63, 3.8) is 0 Å². The number of halogens is 2. The lowest BCUT2D eigenvalue weighted by molar-refractivity contribution is 0.596. The summed E-state index contributed by atoms with van der Waals surface area (Å²) in [7, 11) is 0. The van der Waals surface area contributed by atoms with Gasteiger partial charge < -0.3 is 0 Å². The van der Waals surface area contributed by atoms with E-state index >= 15 is 0 Å². The average Bonchev–Trinajstić information content (AvgIpc) is 2.56. The Hall–Kier alpha value is -1.52. The summed E-state index contributed by atoms with van der Waals surface area (Å²) in [6.45, 7) is 2.26. The number of aryl methyl sites for hydroxylation is 1. The first-order valence-corrected chi connectivity index (χ1v) is 3.91. The summed E-state index contributed by atoms with van der Waals surface area (Å²) < 4.78 is 27.5. The molecular weight excluding hydrogens is 176 g/mol. The molecular formula is C8H7F2N3. The van der Waals surface area contributed by atoms with E-state index in [1.165, 1.54) is 4.68 Å². The van der Waals surface area contributed by atoms with E-state index in [9.17, 15) is 8.78 Å². The molecule has 0 aliphatic carbocycles. The zero-order valence-electron chi connectivity index (χ0n) is 6.96. The highest BCUT2D eigenvalue weighted by Gasteiger charge is 2.12. The molecule has 0 saturated heterocycles. The lowest BCUT2D eigenvalue weighted by Gasteiger charge is -1.97. The van der Waals surface area contributed by atoms with E-state index in [1.54, 1.807) is 6.92 Å². The standard InChI is InChI=1S/C8H7F2N3/c1-2-13-8-6(10)4-3-5(9)7(8)11-12-13/h3-4H,2H2,1H3. The van der Waals surface area contributed by atoms with Crippen molar-refractivity contribution in [2.24, 2.45) is 0 Å². The molecule has 0 N–H and O–H groups in total. The Kier molecular flexibility index (Phi) is 1.72. The fraction of sp³-hybridized carbons (Fsp3) is 0.250. The van der Waals surface area contributed by atoms with Gasteiger partial charge in [0.05, 0.1) is 0 Å². The van der Waals surface area contributed by atoms with E-state index < -0.39 is 11.6 Å². The first-order valence-electron chi connectivity index (χ1n) is 3.91. The van der Waals surface area contributed by atoms with E-state index in [0.717, 1.165) is 12.1 Å². The average molecular weight is 183 g/mol. The molecule has 1 aromatic carbocycles. The zero-order chi connectivity index (χ0) is 9.42. The second kappa shape index (κ2) is 2.76. The maximum absolute atomic E-state index is 13.2. The second-order valence-corrected chi connectivity index (χ2v) is 2.63. The molecule has 0 aliphatic rings. The highest BCUT2D eigenvalue weighted by Crippen LogP contribution is 2.17. The van der Waals surface area contributed by atoms with Gasteiger partial charge in [-0.1, -0.05) is 5.21 Å². The maximum Gasteiger partial charge on any atom is 0.153 e. The van der Waals surface area contributed by atoms with Gasteiger partial charge in [0.25, 0.3) is 0 Å². The van der Waals surface area contributed by atoms with Gasteiger partial charge in [-0.25, -0.2) is 13.5 Å². The Bertz CT molecular complexity index is 450. The summed E-state index contributed by atoms with van der Waals surface area (Å²) in [5, 5.41) is 7.17. The summed E-state index contributed by atoms with van der Waals surface area (Å²) >= 11 is 0. The molecule has 0 unspecified atom stereocenters. The van der Waals surface area contributed by atoms with Crippen molar-refractivity contribution in [1.82, 2.24) is 15.0 Å². The van der Waals surface area contributed by atoms with Crippen molar-refractivity contribution in [3.8, 4) is 0 Å². The van der Waals surface area contributed by atoms with Crippen LogP contribution in [0.3, 0.4) is 0 Å². The predicted molar refractivity (Wildman–Crippen MR) is 43.1 cm³/mol. The van der Waals surface area contributed by atoms with Gasteiger partial charge in [-0.3, -0.25) is 0 Å². The molecule has 0 bridgehead atoms. The molecule has 68 valence electrons. The Morgan fingerprint density at radius 1 is 1.31 bits per heavy atom. The van der Waals surface area contributed by atoms with Crippen molar-refractivity contribution in [1.29, 1.82) is 0 Å². The number of benzene rings is 1. The Balaban J connectivity index is 2.87. The van der Waals surface area contributed by atoms with Gasteiger partial charge in [0, 0.05) is 6.54 Å².